The summed E-state index contributed by atoms with van der Waals surface area (Å²) in [5.41, 5.74) is 0.0714. The first-order valence-electron chi connectivity index (χ1n) is 10.7. The molecule has 11 nitrogen and oxygen atoms in total. The molecule has 1 aromatic carbocycles. The normalized spacial score (nSPS) is 21.5. The fraction of sp³-hybridized carbons (Fsp3) is 0.364. The maximum absolute atomic E-state index is 13.4. The highest BCUT2D eigenvalue weighted by Crippen LogP contribution is 2.49. The van der Waals surface area contributed by atoms with Crippen LogP contribution in [0, 0.1) is 10.2 Å². The summed E-state index contributed by atoms with van der Waals surface area (Å²) in [5.74, 6) is -1.38. The summed E-state index contributed by atoms with van der Waals surface area (Å²) < 4.78 is -0.00544. The van der Waals surface area contributed by atoms with E-state index in [9.17, 15) is 24.3 Å². The van der Waals surface area contributed by atoms with E-state index in [-0.39, 0.29) is 22.8 Å². The number of aromatic amines is 2. The predicted octanol–water partition coefficient (Wildman–Crippen LogP) is 1.45. The van der Waals surface area contributed by atoms with E-state index in [0.717, 1.165) is 27.5 Å². The van der Waals surface area contributed by atoms with E-state index >= 15 is 0 Å². The molecule has 176 valence electrons. The first-order chi connectivity index (χ1) is 16.1. The highest BCUT2D eigenvalue weighted by molar-refractivity contribution is 7.71. The van der Waals surface area contributed by atoms with Gasteiger partial charge in [0.25, 0.3) is 5.56 Å². The van der Waals surface area contributed by atoms with Crippen molar-refractivity contribution in [2.75, 3.05) is 25.5 Å². The second-order valence-corrected chi connectivity index (χ2v) is 9.16. The summed E-state index contributed by atoms with van der Waals surface area (Å²) in [6.07, 6.45) is 2.85. The average molecular weight is 483 g/mol. The lowest BCUT2D eigenvalue weighted by Crippen LogP contribution is -2.70. The first kappa shape index (κ1) is 22.0. The van der Waals surface area contributed by atoms with Gasteiger partial charge in [-0.05, 0) is 55.2 Å². The lowest BCUT2D eigenvalue weighted by atomic mass is 9.68. The molecule has 1 spiro atoms. The van der Waals surface area contributed by atoms with Gasteiger partial charge in [-0.2, -0.15) is 0 Å². The summed E-state index contributed by atoms with van der Waals surface area (Å²) in [7, 11) is 2.81. The van der Waals surface area contributed by atoms with E-state index in [2.05, 4.69) is 19.9 Å². The fourth-order valence-corrected chi connectivity index (χ4v) is 5.52. The largest absolute Gasteiger partial charge is 0.494 e. The van der Waals surface area contributed by atoms with Crippen LogP contribution >= 0.6 is 12.2 Å². The van der Waals surface area contributed by atoms with Crippen LogP contribution in [0.1, 0.15) is 24.0 Å². The molecule has 2 fully saturated rings. The quantitative estimate of drug-likeness (QED) is 0.334. The Morgan fingerprint density at radius 3 is 2.53 bits per heavy atom. The molecule has 2 aromatic rings. The highest BCUT2D eigenvalue weighted by atomic mass is 32.1. The van der Waals surface area contributed by atoms with Gasteiger partial charge >= 0.3 is 6.03 Å². The zero-order chi connectivity index (χ0) is 24.4. The van der Waals surface area contributed by atoms with E-state index in [0.29, 0.717) is 18.7 Å². The lowest BCUT2D eigenvalue weighted by Gasteiger charge is -2.50. The molecule has 4 amide bonds. The van der Waals surface area contributed by atoms with Crippen molar-refractivity contribution >= 4 is 47.7 Å². The second-order valence-electron chi connectivity index (χ2n) is 8.75. The standard InChI is InChI=1S/C22H22N6O5S/c1-26-18(31)22(19(32)27(2)21(26)33)9-11-8-12(5-6-14(11)28-7-3-4-15(22)28)23-10-13-16(29)24-20(34)25-17(13)30/h5-6,8,10,15H,3-4,7,9H2,1-2H3,(H3,24,25,29,30,34)/t15-/m1/s1. The number of barbiturate groups is 1. The van der Waals surface area contributed by atoms with Gasteiger partial charge < -0.3 is 15.0 Å². The Balaban J connectivity index is 1.58. The van der Waals surface area contributed by atoms with Crippen molar-refractivity contribution in [1.82, 2.24) is 19.8 Å². The monoisotopic (exact) mass is 482 g/mol. The number of nitrogens with one attached hydrogen (secondary N) is 2. The molecule has 0 aliphatic carbocycles. The molecule has 34 heavy (non-hydrogen) atoms. The number of aliphatic imine (C=N–C) groups is 1. The molecular weight excluding hydrogens is 460 g/mol. The van der Waals surface area contributed by atoms with Crippen molar-refractivity contribution in [3.05, 3.63) is 44.5 Å². The molecular formula is C22H22N6O5S. The van der Waals surface area contributed by atoms with Gasteiger partial charge in [-0.1, -0.05) is 0 Å². The minimum Gasteiger partial charge on any atom is -0.494 e. The van der Waals surface area contributed by atoms with Crippen LogP contribution in [0.3, 0.4) is 0 Å². The third kappa shape index (κ3) is 3.01. The van der Waals surface area contributed by atoms with E-state index < -0.39 is 34.7 Å². The van der Waals surface area contributed by atoms with Gasteiger partial charge in [0.15, 0.2) is 10.2 Å². The van der Waals surface area contributed by atoms with Crippen molar-refractivity contribution in [2.45, 2.75) is 25.3 Å². The fourth-order valence-electron chi connectivity index (χ4n) is 5.33. The number of nitrogens with zero attached hydrogens (tertiary/aromatic N) is 4. The summed E-state index contributed by atoms with van der Waals surface area (Å²) in [6, 6.07) is 4.43. The summed E-state index contributed by atoms with van der Waals surface area (Å²) >= 11 is 4.83. The minimum absolute atomic E-state index is 0.00544. The zero-order valence-electron chi connectivity index (χ0n) is 18.5. The third-order valence-electron chi connectivity index (χ3n) is 6.91. The van der Waals surface area contributed by atoms with Crippen LogP contribution < -0.4 is 10.5 Å². The molecule has 0 saturated carbocycles. The summed E-state index contributed by atoms with van der Waals surface area (Å²) in [5, 5.41) is 9.99. The van der Waals surface area contributed by atoms with Crippen LogP contribution in [0.15, 0.2) is 28.0 Å². The number of aromatic nitrogens is 2. The number of amides is 4. The van der Waals surface area contributed by atoms with Crippen molar-refractivity contribution in [2.24, 2.45) is 10.4 Å². The van der Waals surface area contributed by atoms with E-state index in [4.69, 9.17) is 12.2 Å². The second kappa shape index (κ2) is 7.62. The average Bonchev–Trinajstić information content (AvgIpc) is 3.30. The molecule has 0 bridgehead atoms. The lowest BCUT2D eigenvalue weighted by molar-refractivity contribution is -0.159. The summed E-state index contributed by atoms with van der Waals surface area (Å²) in [6.45, 7) is 0.691. The van der Waals surface area contributed by atoms with E-state index in [1.54, 1.807) is 12.1 Å². The van der Waals surface area contributed by atoms with Gasteiger partial charge in [-0.25, -0.2) is 4.79 Å². The van der Waals surface area contributed by atoms with Crippen LogP contribution in [0.25, 0.3) is 0 Å². The highest BCUT2D eigenvalue weighted by Gasteiger charge is 2.63. The third-order valence-corrected chi connectivity index (χ3v) is 7.12. The number of hydrogen-bond donors (Lipinski definition) is 3. The Morgan fingerprint density at radius 1 is 1.15 bits per heavy atom. The maximum Gasteiger partial charge on any atom is 0.332 e. The Kier molecular flexibility index (Phi) is 4.93. The molecule has 3 N–H and O–H groups in total. The predicted molar refractivity (Wildman–Crippen MR) is 125 cm³/mol. The van der Waals surface area contributed by atoms with Crippen LogP contribution in [0.4, 0.5) is 16.2 Å². The number of anilines is 1. The smallest absolute Gasteiger partial charge is 0.332 e. The van der Waals surface area contributed by atoms with Crippen LogP contribution in [0.5, 0.6) is 5.88 Å². The number of H-pyrrole nitrogens is 2. The molecule has 12 heteroatoms. The molecule has 2 saturated heterocycles. The first-order valence-corrected chi connectivity index (χ1v) is 11.2. The molecule has 0 unspecified atom stereocenters. The number of imide groups is 2. The number of fused-ring (bicyclic) bond motifs is 4. The van der Waals surface area contributed by atoms with Crippen molar-refractivity contribution in [3.8, 4) is 5.88 Å². The summed E-state index contributed by atoms with van der Waals surface area (Å²) in [4.78, 5) is 64.6. The number of benzene rings is 1. The van der Waals surface area contributed by atoms with Gasteiger partial charge in [0, 0.05) is 32.5 Å². The van der Waals surface area contributed by atoms with Gasteiger partial charge in [0.05, 0.1) is 11.7 Å². The molecule has 0 radical (unpaired) electrons. The number of carbonyl (C=O) groups is 3. The topological polar surface area (TPSA) is 142 Å². The number of rotatable bonds is 2. The Hall–Kier alpha value is -3.80. The maximum atomic E-state index is 13.4. The van der Waals surface area contributed by atoms with Gasteiger partial charge in [-0.3, -0.25) is 34.2 Å². The van der Waals surface area contributed by atoms with Gasteiger partial charge in [0.2, 0.25) is 17.7 Å². The molecule has 3 aliphatic rings. The Bertz CT molecular complexity index is 1370. The minimum atomic E-state index is -1.40. The number of urea groups is 1. The number of carbonyl (C=O) groups excluding carboxylic acids is 3. The van der Waals surface area contributed by atoms with Gasteiger partial charge in [-0.15, -0.1) is 0 Å². The molecule has 4 heterocycles. The van der Waals surface area contributed by atoms with Crippen LogP contribution in [-0.2, 0) is 16.0 Å². The Morgan fingerprint density at radius 2 is 1.85 bits per heavy atom. The van der Waals surface area contributed by atoms with Gasteiger partial charge in [0.1, 0.15) is 5.56 Å². The molecule has 5 rings (SSSR count). The molecule has 3 aliphatic heterocycles. The van der Waals surface area contributed by atoms with Crippen LogP contribution in [0.2, 0.25) is 0 Å². The number of aromatic hydroxyl groups is 1. The van der Waals surface area contributed by atoms with Crippen molar-refractivity contribution < 1.29 is 19.5 Å². The number of hydrogen-bond acceptors (Lipinski definition) is 8. The molecule has 1 atom stereocenters. The van der Waals surface area contributed by atoms with Crippen molar-refractivity contribution in [3.63, 3.8) is 0 Å². The Labute approximate surface area is 198 Å². The van der Waals surface area contributed by atoms with E-state index in [1.807, 2.05) is 6.07 Å². The zero-order valence-corrected chi connectivity index (χ0v) is 19.3. The van der Waals surface area contributed by atoms with Crippen molar-refractivity contribution in [1.29, 1.82) is 0 Å². The van der Waals surface area contributed by atoms with Crippen LogP contribution in [-0.4, -0.2) is 75.6 Å². The molecule has 1 aromatic heterocycles. The SMILES string of the molecule is CN1C(=O)N(C)C(=O)C2(Cc3cc(N=Cc4c(O)[nH]c(=S)[nH]c4=O)ccc3N3CCC[C@@H]32)C1=O. The van der Waals surface area contributed by atoms with E-state index in [1.165, 1.54) is 20.3 Å².